The number of hydrogen-bond acceptors (Lipinski definition) is 3. The number of hydrogen-bond donors (Lipinski definition) is 2. The van der Waals surface area contributed by atoms with Gasteiger partial charge >= 0.3 is 5.97 Å². The van der Waals surface area contributed by atoms with Gasteiger partial charge in [-0.3, -0.25) is 4.79 Å². The van der Waals surface area contributed by atoms with Gasteiger partial charge < -0.3 is 5.11 Å². The molecule has 0 aliphatic heterocycles. The van der Waals surface area contributed by atoms with Crippen LogP contribution in [0.5, 0.6) is 0 Å². The van der Waals surface area contributed by atoms with E-state index < -0.39 is 27.4 Å². The Morgan fingerprint density at radius 3 is 2.11 bits per heavy atom. The second-order valence-electron chi connectivity index (χ2n) is 5.21. The molecule has 1 aromatic carbocycles. The molecule has 7 heteroatoms. The van der Waals surface area contributed by atoms with E-state index in [4.69, 9.17) is 16.7 Å². The van der Waals surface area contributed by atoms with Crippen molar-refractivity contribution in [3.63, 3.8) is 0 Å². The van der Waals surface area contributed by atoms with Crippen molar-refractivity contribution < 1.29 is 18.3 Å². The summed E-state index contributed by atoms with van der Waals surface area (Å²) in [5.74, 6) is -1.22. The first-order chi connectivity index (χ1) is 8.54. The van der Waals surface area contributed by atoms with Crippen LogP contribution in [0.1, 0.15) is 20.8 Å². The quantitative estimate of drug-likeness (QED) is 0.892. The van der Waals surface area contributed by atoms with Crippen molar-refractivity contribution in [2.75, 3.05) is 0 Å². The Bertz CT molecular complexity index is 560. The molecule has 19 heavy (non-hydrogen) atoms. The second-order valence-corrected chi connectivity index (χ2v) is 7.36. The van der Waals surface area contributed by atoms with Crippen LogP contribution in [0.3, 0.4) is 0 Å². The average molecular weight is 306 g/mol. The number of nitrogens with one attached hydrogen (secondary N) is 1. The summed E-state index contributed by atoms with van der Waals surface area (Å²) in [5, 5.41) is 9.52. The molecule has 106 valence electrons. The molecule has 1 aromatic rings. The number of sulfonamides is 1. The van der Waals surface area contributed by atoms with Crippen molar-refractivity contribution in [1.82, 2.24) is 4.72 Å². The number of carboxylic acids is 1. The molecule has 0 amide bonds. The molecule has 0 bridgehead atoms. The van der Waals surface area contributed by atoms with E-state index >= 15 is 0 Å². The first-order valence-corrected chi connectivity index (χ1v) is 7.41. The predicted molar refractivity (Wildman–Crippen MR) is 72.7 cm³/mol. The van der Waals surface area contributed by atoms with Crippen LogP contribution in [0.4, 0.5) is 0 Å². The van der Waals surface area contributed by atoms with Crippen LogP contribution in [0, 0.1) is 5.41 Å². The summed E-state index contributed by atoms with van der Waals surface area (Å²) < 4.78 is 26.4. The Kier molecular flexibility index (Phi) is 4.60. The molecule has 1 atom stereocenters. The second kappa shape index (κ2) is 5.48. The van der Waals surface area contributed by atoms with Crippen molar-refractivity contribution in [2.24, 2.45) is 5.41 Å². The van der Waals surface area contributed by atoms with E-state index in [1.807, 2.05) is 0 Å². The Hall–Kier alpha value is -1.11. The third kappa shape index (κ3) is 4.19. The molecule has 0 radical (unpaired) electrons. The van der Waals surface area contributed by atoms with Gasteiger partial charge in [0.25, 0.3) is 0 Å². The van der Waals surface area contributed by atoms with Crippen LogP contribution in [-0.4, -0.2) is 25.5 Å². The maximum atomic E-state index is 12.1. The lowest BCUT2D eigenvalue weighted by Gasteiger charge is -2.27. The zero-order valence-corrected chi connectivity index (χ0v) is 12.4. The first-order valence-electron chi connectivity index (χ1n) is 5.55. The fourth-order valence-corrected chi connectivity index (χ4v) is 2.96. The maximum Gasteiger partial charge on any atom is 0.322 e. The van der Waals surface area contributed by atoms with Crippen molar-refractivity contribution in [3.8, 4) is 0 Å². The number of benzene rings is 1. The third-order valence-electron chi connectivity index (χ3n) is 2.51. The summed E-state index contributed by atoms with van der Waals surface area (Å²) in [5.41, 5.74) is -0.745. The lowest BCUT2D eigenvalue weighted by Crippen LogP contribution is -2.48. The van der Waals surface area contributed by atoms with E-state index in [1.165, 1.54) is 24.3 Å². The van der Waals surface area contributed by atoms with E-state index in [-0.39, 0.29) is 4.90 Å². The summed E-state index contributed by atoms with van der Waals surface area (Å²) >= 11 is 5.68. The zero-order chi connectivity index (χ0) is 14.8. The van der Waals surface area contributed by atoms with Crippen LogP contribution < -0.4 is 4.72 Å². The van der Waals surface area contributed by atoms with Crippen molar-refractivity contribution in [1.29, 1.82) is 0 Å². The Morgan fingerprint density at radius 2 is 1.74 bits per heavy atom. The van der Waals surface area contributed by atoms with E-state index in [1.54, 1.807) is 20.8 Å². The monoisotopic (exact) mass is 305 g/mol. The van der Waals surface area contributed by atoms with Gasteiger partial charge in [0.1, 0.15) is 6.04 Å². The number of halogens is 1. The maximum absolute atomic E-state index is 12.1. The number of carboxylic acid groups (broad SMARTS) is 1. The Balaban J connectivity index is 3.08. The topological polar surface area (TPSA) is 83.5 Å². The molecular weight excluding hydrogens is 290 g/mol. The highest BCUT2D eigenvalue weighted by Gasteiger charge is 2.35. The van der Waals surface area contributed by atoms with Gasteiger partial charge in [0, 0.05) is 5.02 Å². The molecule has 1 rings (SSSR count). The molecule has 0 aromatic heterocycles. The summed E-state index contributed by atoms with van der Waals surface area (Å²) in [4.78, 5) is 11.1. The summed E-state index contributed by atoms with van der Waals surface area (Å²) in [6.45, 7) is 4.95. The van der Waals surface area contributed by atoms with Crippen molar-refractivity contribution in [2.45, 2.75) is 31.7 Å². The average Bonchev–Trinajstić information content (AvgIpc) is 2.24. The fourth-order valence-electron chi connectivity index (χ4n) is 1.43. The van der Waals surface area contributed by atoms with Crippen LogP contribution in [0.15, 0.2) is 29.2 Å². The van der Waals surface area contributed by atoms with Gasteiger partial charge in [-0.15, -0.1) is 0 Å². The molecule has 0 unspecified atom stereocenters. The van der Waals surface area contributed by atoms with Gasteiger partial charge in [-0.1, -0.05) is 32.4 Å². The van der Waals surface area contributed by atoms with Crippen LogP contribution in [0.2, 0.25) is 5.02 Å². The van der Waals surface area contributed by atoms with Gasteiger partial charge in [-0.05, 0) is 29.7 Å². The summed E-state index contributed by atoms with van der Waals surface area (Å²) in [6.07, 6.45) is 0. The highest BCUT2D eigenvalue weighted by atomic mass is 35.5. The molecule has 0 saturated carbocycles. The molecule has 0 heterocycles. The predicted octanol–water partition coefficient (Wildman–Crippen LogP) is 2.12. The number of carbonyl (C=O) groups is 1. The standard InChI is InChI=1S/C12H16ClNO4S/c1-12(2,3)10(11(15)16)14-19(17,18)9-6-4-8(13)5-7-9/h4-7,10,14H,1-3H3,(H,15,16)/t10-/m0/s1. The fraction of sp³-hybridized carbons (Fsp3) is 0.417. The molecular formula is C12H16ClNO4S. The van der Waals surface area contributed by atoms with Gasteiger partial charge in [-0.25, -0.2) is 8.42 Å². The SMILES string of the molecule is CC(C)(C)[C@@H](NS(=O)(=O)c1ccc(Cl)cc1)C(=O)O. The largest absolute Gasteiger partial charge is 0.480 e. The highest BCUT2D eigenvalue weighted by molar-refractivity contribution is 7.89. The molecule has 0 fully saturated rings. The van der Waals surface area contributed by atoms with Crippen molar-refractivity contribution in [3.05, 3.63) is 29.3 Å². The van der Waals surface area contributed by atoms with E-state index in [0.717, 1.165) is 0 Å². The number of rotatable bonds is 4. The molecule has 0 aliphatic rings. The van der Waals surface area contributed by atoms with Crippen LogP contribution >= 0.6 is 11.6 Å². The minimum atomic E-state index is -3.89. The molecule has 5 nitrogen and oxygen atoms in total. The lowest BCUT2D eigenvalue weighted by molar-refractivity contribution is -0.141. The summed E-state index contributed by atoms with van der Waals surface area (Å²) in [7, 11) is -3.89. The molecule has 0 spiro atoms. The highest BCUT2D eigenvalue weighted by Crippen LogP contribution is 2.22. The van der Waals surface area contributed by atoms with Crippen LogP contribution in [-0.2, 0) is 14.8 Å². The van der Waals surface area contributed by atoms with Gasteiger partial charge in [0.05, 0.1) is 4.90 Å². The summed E-state index contributed by atoms with van der Waals surface area (Å²) in [6, 6.07) is 4.30. The first kappa shape index (κ1) is 15.9. The Morgan fingerprint density at radius 1 is 1.26 bits per heavy atom. The number of aliphatic carboxylic acids is 1. The molecule has 0 aliphatic carbocycles. The van der Waals surface area contributed by atoms with E-state index in [0.29, 0.717) is 5.02 Å². The molecule has 2 N–H and O–H groups in total. The van der Waals surface area contributed by atoms with Crippen molar-refractivity contribution >= 4 is 27.6 Å². The van der Waals surface area contributed by atoms with E-state index in [2.05, 4.69) is 4.72 Å². The normalized spacial score (nSPS) is 14.1. The van der Waals surface area contributed by atoms with E-state index in [9.17, 15) is 13.2 Å². The minimum absolute atomic E-state index is 0.0209. The van der Waals surface area contributed by atoms with Gasteiger partial charge in [0.15, 0.2) is 0 Å². The van der Waals surface area contributed by atoms with Gasteiger partial charge in [0.2, 0.25) is 10.0 Å². The third-order valence-corrected chi connectivity index (χ3v) is 4.20. The Labute approximate surface area is 117 Å². The minimum Gasteiger partial charge on any atom is -0.480 e. The smallest absolute Gasteiger partial charge is 0.322 e. The van der Waals surface area contributed by atoms with Crippen LogP contribution in [0.25, 0.3) is 0 Å². The lowest BCUT2D eigenvalue weighted by atomic mass is 9.88. The molecule has 0 saturated heterocycles. The zero-order valence-electron chi connectivity index (χ0n) is 10.8. The van der Waals surface area contributed by atoms with Gasteiger partial charge in [-0.2, -0.15) is 4.72 Å².